The SMILES string of the molecule is CCc1nc(C(C)NC(=O)N2CCOCC2c2ccccc2)cs1. The second-order valence-electron chi connectivity index (χ2n) is 5.89. The van der Waals surface area contributed by atoms with Gasteiger partial charge in [-0.1, -0.05) is 37.3 Å². The van der Waals surface area contributed by atoms with Gasteiger partial charge < -0.3 is 15.0 Å². The standard InChI is InChI=1S/C18H23N3O2S/c1-3-17-20-15(12-24-17)13(2)19-18(22)21-9-10-23-11-16(21)14-7-5-4-6-8-14/h4-8,12-13,16H,3,9-11H2,1-2H3,(H,19,22). The summed E-state index contributed by atoms with van der Waals surface area (Å²) in [4.78, 5) is 19.2. The summed E-state index contributed by atoms with van der Waals surface area (Å²) in [5.74, 6) is 0. The number of aromatic nitrogens is 1. The van der Waals surface area contributed by atoms with Gasteiger partial charge in [0.05, 0.1) is 36.0 Å². The van der Waals surface area contributed by atoms with E-state index in [1.807, 2.05) is 47.5 Å². The molecule has 1 saturated heterocycles. The lowest BCUT2D eigenvalue weighted by Crippen LogP contribution is -2.48. The summed E-state index contributed by atoms with van der Waals surface area (Å²) in [6.45, 7) is 5.76. The first-order chi connectivity index (χ1) is 11.7. The first kappa shape index (κ1) is 16.9. The molecule has 2 aromatic rings. The van der Waals surface area contributed by atoms with E-state index in [1.165, 1.54) is 0 Å². The van der Waals surface area contributed by atoms with E-state index in [9.17, 15) is 4.79 Å². The average molecular weight is 345 g/mol. The van der Waals surface area contributed by atoms with Crippen LogP contribution < -0.4 is 5.32 Å². The number of nitrogens with zero attached hydrogens (tertiary/aromatic N) is 2. The van der Waals surface area contributed by atoms with Gasteiger partial charge >= 0.3 is 6.03 Å². The van der Waals surface area contributed by atoms with E-state index in [2.05, 4.69) is 17.2 Å². The summed E-state index contributed by atoms with van der Waals surface area (Å²) in [5, 5.41) is 6.20. The minimum absolute atomic E-state index is 0.0474. The molecule has 2 amide bonds. The van der Waals surface area contributed by atoms with Gasteiger partial charge in [0.1, 0.15) is 0 Å². The van der Waals surface area contributed by atoms with Crippen molar-refractivity contribution < 1.29 is 9.53 Å². The molecule has 1 fully saturated rings. The van der Waals surface area contributed by atoms with Crippen LogP contribution in [0.2, 0.25) is 0 Å². The maximum Gasteiger partial charge on any atom is 0.318 e. The Hall–Kier alpha value is -1.92. The first-order valence-electron chi connectivity index (χ1n) is 8.33. The lowest BCUT2D eigenvalue weighted by molar-refractivity contribution is 0.0111. The van der Waals surface area contributed by atoms with Gasteiger partial charge in [0.2, 0.25) is 0 Å². The summed E-state index contributed by atoms with van der Waals surface area (Å²) >= 11 is 1.64. The first-order valence-corrected chi connectivity index (χ1v) is 9.21. The Balaban J connectivity index is 1.70. The molecule has 1 N–H and O–H groups in total. The normalized spacial score (nSPS) is 19.1. The number of benzene rings is 1. The third-order valence-corrected chi connectivity index (χ3v) is 5.24. The van der Waals surface area contributed by atoms with Gasteiger partial charge in [-0.15, -0.1) is 11.3 Å². The summed E-state index contributed by atoms with van der Waals surface area (Å²) in [5.41, 5.74) is 2.02. The van der Waals surface area contributed by atoms with Crippen molar-refractivity contribution in [2.45, 2.75) is 32.4 Å². The molecule has 1 aliphatic heterocycles. The Morgan fingerprint density at radius 3 is 2.96 bits per heavy atom. The highest BCUT2D eigenvalue weighted by Gasteiger charge is 2.29. The topological polar surface area (TPSA) is 54.5 Å². The van der Waals surface area contributed by atoms with Crippen LogP contribution in [0.1, 0.15) is 42.2 Å². The molecule has 2 unspecified atom stereocenters. The third kappa shape index (κ3) is 3.76. The second kappa shape index (κ2) is 7.77. The van der Waals surface area contributed by atoms with Crippen LogP contribution in [0.15, 0.2) is 35.7 Å². The molecule has 1 aromatic heterocycles. The summed E-state index contributed by atoms with van der Waals surface area (Å²) in [7, 11) is 0. The molecule has 0 bridgehead atoms. The number of rotatable bonds is 4. The zero-order chi connectivity index (χ0) is 16.9. The quantitative estimate of drug-likeness (QED) is 0.922. The number of amides is 2. The number of hydrogen-bond donors (Lipinski definition) is 1. The molecular formula is C18H23N3O2S. The van der Waals surface area contributed by atoms with E-state index in [4.69, 9.17) is 4.74 Å². The van der Waals surface area contributed by atoms with E-state index in [0.29, 0.717) is 19.8 Å². The lowest BCUT2D eigenvalue weighted by Gasteiger charge is -2.36. The predicted octanol–water partition coefficient (Wildman–Crippen LogP) is 3.55. The number of morpholine rings is 1. The monoisotopic (exact) mass is 345 g/mol. The predicted molar refractivity (Wildman–Crippen MR) is 95.1 cm³/mol. The Kier molecular flexibility index (Phi) is 5.48. The summed E-state index contributed by atoms with van der Waals surface area (Å²) in [6, 6.07) is 9.82. The number of nitrogens with one attached hydrogen (secondary N) is 1. The molecule has 5 nitrogen and oxygen atoms in total. The van der Waals surface area contributed by atoms with Crippen molar-refractivity contribution in [1.82, 2.24) is 15.2 Å². The van der Waals surface area contributed by atoms with Crippen LogP contribution in [0.4, 0.5) is 4.79 Å². The summed E-state index contributed by atoms with van der Waals surface area (Å²) < 4.78 is 5.59. The smallest absolute Gasteiger partial charge is 0.318 e. The number of aryl methyl sites for hydroxylation is 1. The molecule has 1 aliphatic rings. The molecule has 0 radical (unpaired) electrons. The van der Waals surface area contributed by atoms with E-state index in [0.717, 1.165) is 22.7 Å². The van der Waals surface area contributed by atoms with Crippen LogP contribution in [0.25, 0.3) is 0 Å². The molecule has 2 atom stereocenters. The molecule has 1 aromatic carbocycles. The van der Waals surface area contributed by atoms with Crippen LogP contribution >= 0.6 is 11.3 Å². The van der Waals surface area contributed by atoms with Crippen molar-refractivity contribution in [3.05, 3.63) is 52.0 Å². The largest absolute Gasteiger partial charge is 0.377 e. The van der Waals surface area contributed by atoms with Gasteiger partial charge in [0, 0.05) is 11.9 Å². The maximum absolute atomic E-state index is 12.8. The van der Waals surface area contributed by atoms with Gasteiger partial charge in [-0.3, -0.25) is 0 Å². The Bertz CT molecular complexity index is 674. The number of carbonyl (C=O) groups is 1. The molecule has 128 valence electrons. The van der Waals surface area contributed by atoms with E-state index in [1.54, 1.807) is 11.3 Å². The minimum atomic E-state index is -0.103. The number of ether oxygens (including phenoxy) is 1. The highest BCUT2D eigenvalue weighted by atomic mass is 32.1. The number of hydrogen-bond acceptors (Lipinski definition) is 4. The van der Waals surface area contributed by atoms with Gasteiger partial charge in [0.15, 0.2) is 0 Å². The third-order valence-electron chi connectivity index (χ3n) is 4.23. The molecule has 6 heteroatoms. The number of carbonyl (C=O) groups excluding carboxylic acids is 1. The fourth-order valence-corrected chi connectivity index (χ4v) is 3.66. The van der Waals surface area contributed by atoms with Crippen molar-refractivity contribution in [1.29, 1.82) is 0 Å². The van der Waals surface area contributed by atoms with Crippen LogP contribution in [0.3, 0.4) is 0 Å². The molecule has 0 spiro atoms. The van der Waals surface area contributed by atoms with E-state index < -0.39 is 0 Å². The van der Waals surface area contributed by atoms with Gasteiger partial charge in [-0.25, -0.2) is 9.78 Å². The van der Waals surface area contributed by atoms with Crippen LogP contribution in [0.5, 0.6) is 0 Å². The number of urea groups is 1. The molecule has 24 heavy (non-hydrogen) atoms. The highest BCUT2D eigenvalue weighted by Crippen LogP contribution is 2.25. The Labute approximate surface area is 146 Å². The van der Waals surface area contributed by atoms with Crippen molar-refractivity contribution in [2.24, 2.45) is 0 Å². The molecule has 3 rings (SSSR count). The zero-order valence-electron chi connectivity index (χ0n) is 14.1. The second-order valence-corrected chi connectivity index (χ2v) is 6.83. The Morgan fingerprint density at radius 2 is 2.25 bits per heavy atom. The molecular weight excluding hydrogens is 322 g/mol. The molecule has 2 heterocycles. The van der Waals surface area contributed by atoms with Crippen LogP contribution in [-0.2, 0) is 11.2 Å². The van der Waals surface area contributed by atoms with Gasteiger partial charge in [-0.05, 0) is 18.9 Å². The van der Waals surface area contributed by atoms with Crippen molar-refractivity contribution >= 4 is 17.4 Å². The molecule has 0 saturated carbocycles. The van der Waals surface area contributed by atoms with Crippen LogP contribution in [-0.4, -0.2) is 35.7 Å². The minimum Gasteiger partial charge on any atom is -0.377 e. The highest BCUT2D eigenvalue weighted by molar-refractivity contribution is 7.09. The zero-order valence-corrected chi connectivity index (χ0v) is 14.9. The van der Waals surface area contributed by atoms with E-state index >= 15 is 0 Å². The lowest BCUT2D eigenvalue weighted by atomic mass is 10.1. The molecule has 0 aliphatic carbocycles. The Morgan fingerprint density at radius 1 is 1.46 bits per heavy atom. The fourth-order valence-electron chi connectivity index (χ4n) is 2.83. The van der Waals surface area contributed by atoms with Crippen molar-refractivity contribution in [2.75, 3.05) is 19.8 Å². The maximum atomic E-state index is 12.8. The van der Waals surface area contributed by atoms with E-state index in [-0.39, 0.29) is 18.1 Å². The van der Waals surface area contributed by atoms with Gasteiger partial charge in [-0.2, -0.15) is 0 Å². The summed E-state index contributed by atoms with van der Waals surface area (Å²) in [6.07, 6.45) is 0.922. The van der Waals surface area contributed by atoms with Crippen LogP contribution in [0, 0.1) is 0 Å². The number of thiazole rings is 1. The fraction of sp³-hybridized carbons (Fsp3) is 0.444. The van der Waals surface area contributed by atoms with Crippen molar-refractivity contribution in [3.63, 3.8) is 0 Å². The van der Waals surface area contributed by atoms with Crippen molar-refractivity contribution in [3.8, 4) is 0 Å². The average Bonchev–Trinajstić information content (AvgIpc) is 3.12. The van der Waals surface area contributed by atoms with Gasteiger partial charge in [0.25, 0.3) is 0 Å².